The number of primary amides is 1. The van der Waals surface area contributed by atoms with Gasteiger partial charge in [-0.15, -0.1) is 0 Å². The number of hydrogen-bond donors (Lipinski definition) is 2. The molecular formula is C27H34N4O2S. The fourth-order valence-corrected chi connectivity index (χ4v) is 4.97. The van der Waals surface area contributed by atoms with Crippen LogP contribution < -0.4 is 11.1 Å². The lowest BCUT2D eigenvalue weighted by Crippen LogP contribution is -2.27. The molecule has 1 aliphatic rings. The number of benzene rings is 2. The van der Waals surface area contributed by atoms with Gasteiger partial charge in [-0.3, -0.25) is 9.59 Å². The van der Waals surface area contributed by atoms with E-state index in [0.717, 1.165) is 30.1 Å². The van der Waals surface area contributed by atoms with Crippen molar-refractivity contribution in [2.75, 3.05) is 13.1 Å². The van der Waals surface area contributed by atoms with Crippen molar-refractivity contribution < 1.29 is 9.59 Å². The smallest absolute Gasteiger partial charge is 0.265 e. The van der Waals surface area contributed by atoms with Gasteiger partial charge in [-0.05, 0) is 67.5 Å². The predicted octanol–water partition coefficient (Wildman–Crippen LogP) is 4.40. The average molecular weight is 479 g/mol. The molecular weight excluding hydrogens is 444 g/mol. The van der Waals surface area contributed by atoms with E-state index in [-0.39, 0.29) is 5.91 Å². The molecule has 0 radical (unpaired) electrons. The molecule has 0 fully saturated rings. The number of nitrogens with zero attached hydrogens (tertiary/aromatic N) is 2. The van der Waals surface area contributed by atoms with Crippen molar-refractivity contribution in [3.63, 3.8) is 0 Å². The summed E-state index contributed by atoms with van der Waals surface area (Å²) in [7, 11) is 0. The normalized spacial score (nSPS) is 12.9. The molecule has 34 heavy (non-hydrogen) atoms. The van der Waals surface area contributed by atoms with E-state index in [9.17, 15) is 9.59 Å². The summed E-state index contributed by atoms with van der Waals surface area (Å²) in [5.74, 6) is -0.538. The number of fused-ring (bicyclic) bond motifs is 1. The zero-order chi connectivity index (χ0) is 24.7. The molecule has 7 heteroatoms. The molecule has 1 aromatic heterocycles. The van der Waals surface area contributed by atoms with Gasteiger partial charge in [0.25, 0.3) is 5.91 Å². The van der Waals surface area contributed by atoms with Crippen molar-refractivity contribution in [1.29, 1.82) is 0 Å². The van der Waals surface area contributed by atoms with E-state index in [1.165, 1.54) is 29.2 Å². The zero-order valence-electron chi connectivity index (χ0n) is 20.4. The molecule has 0 unspecified atom stereocenters. The van der Waals surface area contributed by atoms with Crippen LogP contribution in [0.25, 0.3) is 0 Å². The number of amides is 2. The minimum absolute atomic E-state index is 0.0861. The van der Waals surface area contributed by atoms with Crippen LogP contribution in [-0.2, 0) is 24.3 Å². The van der Waals surface area contributed by atoms with Gasteiger partial charge in [0.2, 0.25) is 5.91 Å². The van der Waals surface area contributed by atoms with Gasteiger partial charge >= 0.3 is 0 Å². The molecule has 0 bridgehead atoms. The van der Waals surface area contributed by atoms with E-state index in [2.05, 4.69) is 72.0 Å². The highest BCUT2D eigenvalue weighted by molar-refractivity contribution is 7.97. The lowest BCUT2D eigenvalue weighted by Gasteiger charge is -2.27. The molecule has 3 aromatic rings. The molecule has 6 nitrogen and oxygen atoms in total. The summed E-state index contributed by atoms with van der Waals surface area (Å²) in [5, 5.41) is 2.76. The van der Waals surface area contributed by atoms with E-state index in [1.807, 2.05) is 17.6 Å². The highest BCUT2D eigenvalue weighted by Gasteiger charge is 2.21. The molecule has 2 amide bonds. The summed E-state index contributed by atoms with van der Waals surface area (Å²) in [6, 6.07) is 18.7. The highest BCUT2D eigenvalue weighted by Crippen LogP contribution is 2.33. The lowest BCUT2D eigenvalue weighted by molar-refractivity contribution is -0.118. The van der Waals surface area contributed by atoms with E-state index in [4.69, 9.17) is 5.73 Å². The standard InChI is InChI=1S/C19H24N4O2S.C8H10/c1-13-18(11-17(19(20)25)23(13)10-8-21-14(2)24)26-22-9-7-15-5-3-4-6-16(15)12-22;1-7-5-3-4-6-8(7)2/h3-6,11H,7-10,12H2,1-2H3,(H2,20,25)(H,21,24);3-6H,1-2H3. The van der Waals surface area contributed by atoms with Crippen LogP contribution in [0.15, 0.2) is 59.5 Å². The number of rotatable bonds is 6. The Hall–Kier alpha value is -3.03. The van der Waals surface area contributed by atoms with E-state index < -0.39 is 5.91 Å². The van der Waals surface area contributed by atoms with Gasteiger partial charge in [-0.2, -0.15) is 0 Å². The van der Waals surface area contributed by atoms with Crippen molar-refractivity contribution in [3.05, 3.63) is 88.2 Å². The topological polar surface area (TPSA) is 80.4 Å². The fourth-order valence-electron chi connectivity index (χ4n) is 3.90. The summed E-state index contributed by atoms with van der Waals surface area (Å²) in [6.07, 6.45) is 1.02. The Balaban J connectivity index is 0.000000343. The van der Waals surface area contributed by atoms with Crippen LogP contribution in [-0.4, -0.2) is 33.8 Å². The number of carbonyl (C=O) groups is 2. The second kappa shape index (κ2) is 11.9. The van der Waals surface area contributed by atoms with E-state index >= 15 is 0 Å². The number of aromatic nitrogens is 1. The van der Waals surface area contributed by atoms with Crippen molar-refractivity contribution in [2.45, 2.75) is 52.1 Å². The van der Waals surface area contributed by atoms with Crippen molar-refractivity contribution >= 4 is 23.8 Å². The van der Waals surface area contributed by atoms with Gasteiger partial charge in [-0.25, -0.2) is 4.31 Å². The Bertz CT molecular complexity index is 1130. The number of nitrogens with one attached hydrogen (secondary N) is 1. The molecule has 4 rings (SSSR count). The molecule has 0 saturated carbocycles. The Morgan fingerprint density at radius 2 is 1.62 bits per heavy atom. The maximum atomic E-state index is 11.8. The quantitative estimate of drug-likeness (QED) is 0.515. The Morgan fingerprint density at radius 1 is 1.00 bits per heavy atom. The first-order chi connectivity index (χ1) is 16.3. The minimum Gasteiger partial charge on any atom is -0.364 e. The summed E-state index contributed by atoms with van der Waals surface area (Å²) in [6.45, 7) is 10.5. The van der Waals surface area contributed by atoms with Crippen molar-refractivity contribution in [2.24, 2.45) is 5.73 Å². The van der Waals surface area contributed by atoms with Gasteiger partial charge < -0.3 is 15.6 Å². The van der Waals surface area contributed by atoms with Gasteiger partial charge in [-0.1, -0.05) is 48.5 Å². The number of nitrogens with two attached hydrogens (primary N) is 1. The van der Waals surface area contributed by atoms with Crippen molar-refractivity contribution in [1.82, 2.24) is 14.2 Å². The summed E-state index contributed by atoms with van der Waals surface area (Å²) >= 11 is 1.66. The fraction of sp³-hybridized carbons (Fsp3) is 0.333. The number of hydrogen-bond acceptors (Lipinski definition) is 4. The summed E-state index contributed by atoms with van der Waals surface area (Å²) in [4.78, 5) is 23.9. The van der Waals surface area contributed by atoms with Crippen LogP contribution in [0.4, 0.5) is 0 Å². The first-order valence-electron chi connectivity index (χ1n) is 11.5. The van der Waals surface area contributed by atoms with Crippen LogP contribution in [0, 0.1) is 20.8 Å². The molecule has 2 aromatic carbocycles. The van der Waals surface area contributed by atoms with E-state index in [1.54, 1.807) is 11.9 Å². The molecule has 0 spiro atoms. The molecule has 0 atom stereocenters. The molecule has 0 aliphatic carbocycles. The van der Waals surface area contributed by atoms with Crippen LogP contribution in [0.2, 0.25) is 0 Å². The SMILES string of the molecule is CC(=O)NCCn1c(C(N)=O)cc(SN2CCc3ccccc3C2)c1C.Cc1ccccc1C. The third-order valence-electron chi connectivity index (χ3n) is 6.03. The van der Waals surface area contributed by atoms with Gasteiger partial charge in [0, 0.05) is 43.7 Å². The first-order valence-corrected chi connectivity index (χ1v) is 12.3. The average Bonchev–Trinajstić information content (AvgIpc) is 3.11. The lowest BCUT2D eigenvalue weighted by atomic mass is 10.0. The van der Waals surface area contributed by atoms with Crippen LogP contribution in [0.3, 0.4) is 0 Å². The predicted molar refractivity (Wildman–Crippen MR) is 139 cm³/mol. The van der Waals surface area contributed by atoms with Gasteiger partial charge in [0.15, 0.2) is 0 Å². The number of aryl methyl sites for hydroxylation is 2. The van der Waals surface area contributed by atoms with Crippen LogP contribution >= 0.6 is 11.9 Å². The maximum absolute atomic E-state index is 11.8. The second-order valence-electron chi connectivity index (χ2n) is 8.54. The zero-order valence-corrected chi connectivity index (χ0v) is 21.2. The Labute approximate surface area is 206 Å². The Kier molecular flexibility index (Phi) is 8.96. The van der Waals surface area contributed by atoms with E-state index in [0.29, 0.717) is 18.8 Å². The van der Waals surface area contributed by atoms with Crippen LogP contribution in [0.5, 0.6) is 0 Å². The third-order valence-corrected chi connectivity index (χ3v) is 7.21. The summed E-state index contributed by atoms with van der Waals surface area (Å²) < 4.78 is 4.20. The van der Waals surface area contributed by atoms with Crippen LogP contribution in [0.1, 0.15) is 45.4 Å². The summed E-state index contributed by atoms with van der Waals surface area (Å²) in [5.41, 5.74) is 12.5. The first kappa shape index (κ1) is 25.6. The molecule has 2 heterocycles. The monoisotopic (exact) mass is 478 g/mol. The minimum atomic E-state index is -0.452. The largest absolute Gasteiger partial charge is 0.364 e. The third kappa shape index (κ3) is 6.74. The van der Waals surface area contributed by atoms with Gasteiger partial charge in [0.05, 0.1) is 0 Å². The Morgan fingerprint density at radius 3 is 2.21 bits per heavy atom. The molecule has 1 aliphatic heterocycles. The molecule has 3 N–H and O–H groups in total. The highest BCUT2D eigenvalue weighted by atomic mass is 32.2. The van der Waals surface area contributed by atoms with Crippen molar-refractivity contribution in [3.8, 4) is 0 Å². The molecule has 0 saturated heterocycles. The van der Waals surface area contributed by atoms with Gasteiger partial charge in [0.1, 0.15) is 5.69 Å². The molecule has 180 valence electrons. The maximum Gasteiger partial charge on any atom is 0.265 e. The second-order valence-corrected chi connectivity index (χ2v) is 9.67. The number of carbonyl (C=O) groups excluding carboxylic acids is 2.